The highest BCUT2D eigenvalue weighted by Gasteiger charge is 2.37. The maximum atomic E-state index is 12.5. The number of furan rings is 1. The SMILES string of the molecule is Cc1cc(NC(=O)N(Cc2ccc([C@H]3C[C@@H]3C)o2)C2CC2)no1. The van der Waals surface area contributed by atoms with E-state index in [1.54, 1.807) is 13.0 Å². The van der Waals surface area contributed by atoms with E-state index in [2.05, 4.69) is 17.4 Å². The lowest BCUT2D eigenvalue weighted by Crippen LogP contribution is -2.36. The molecule has 2 saturated carbocycles. The summed E-state index contributed by atoms with van der Waals surface area (Å²) in [5.41, 5.74) is 0. The van der Waals surface area contributed by atoms with Crippen molar-refractivity contribution in [1.29, 1.82) is 0 Å². The fourth-order valence-electron chi connectivity index (χ4n) is 2.92. The van der Waals surface area contributed by atoms with E-state index in [0.29, 0.717) is 30.0 Å². The van der Waals surface area contributed by atoms with E-state index in [1.165, 1.54) is 6.42 Å². The highest BCUT2D eigenvalue weighted by Crippen LogP contribution is 2.47. The fraction of sp³-hybridized carbons (Fsp3) is 0.529. The van der Waals surface area contributed by atoms with Gasteiger partial charge >= 0.3 is 6.03 Å². The van der Waals surface area contributed by atoms with Gasteiger partial charge in [0.1, 0.15) is 17.3 Å². The van der Waals surface area contributed by atoms with Crippen molar-refractivity contribution >= 4 is 11.8 Å². The number of aryl methyl sites for hydroxylation is 1. The molecule has 0 aromatic carbocycles. The van der Waals surface area contributed by atoms with Crippen LogP contribution in [0, 0.1) is 12.8 Å². The first-order valence-electron chi connectivity index (χ1n) is 8.19. The molecule has 0 spiro atoms. The molecular formula is C17H21N3O3. The molecule has 0 radical (unpaired) electrons. The fourth-order valence-corrected chi connectivity index (χ4v) is 2.92. The van der Waals surface area contributed by atoms with Crippen LogP contribution in [0.5, 0.6) is 0 Å². The van der Waals surface area contributed by atoms with Gasteiger partial charge in [-0.15, -0.1) is 0 Å². The Labute approximate surface area is 134 Å². The molecule has 122 valence electrons. The lowest BCUT2D eigenvalue weighted by molar-refractivity contribution is 0.200. The number of amides is 2. The van der Waals surface area contributed by atoms with Gasteiger partial charge in [0.15, 0.2) is 5.82 Å². The van der Waals surface area contributed by atoms with E-state index in [9.17, 15) is 4.79 Å². The zero-order valence-electron chi connectivity index (χ0n) is 13.4. The first kappa shape index (κ1) is 14.4. The quantitative estimate of drug-likeness (QED) is 0.908. The predicted octanol–water partition coefficient (Wildman–Crippen LogP) is 3.90. The summed E-state index contributed by atoms with van der Waals surface area (Å²) >= 11 is 0. The molecule has 0 bridgehead atoms. The Balaban J connectivity index is 1.43. The third-order valence-corrected chi connectivity index (χ3v) is 4.60. The van der Waals surface area contributed by atoms with Crippen LogP contribution in [0.2, 0.25) is 0 Å². The number of nitrogens with zero attached hydrogens (tertiary/aromatic N) is 2. The molecule has 2 heterocycles. The minimum Gasteiger partial charge on any atom is -0.464 e. The van der Waals surface area contributed by atoms with E-state index < -0.39 is 0 Å². The van der Waals surface area contributed by atoms with Crippen LogP contribution in [0.3, 0.4) is 0 Å². The van der Waals surface area contributed by atoms with Crippen molar-refractivity contribution in [2.24, 2.45) is 5.92 Å². The summed E-state index contributed by atoms with van der Waals surface area (Å²) in [6.07, 6.45) is 3.28. The predicted molar refractivity (Wildman–Crippen MR) is 84.1 cm³/mol. The van der Waals surface area contributed by atoms with Crippen LogP contribution in [-0.2, 0) is 6.54 Å². The van der Waals surface area contributed by atoms with Gasteiger partial charge in [0.2, 0.25) is 0 Å². The molecule has 1 N–H and O–H groups in total. The molecule has 0 aliphatic heterocycles. The van der Waals surface area contributed by atoms with Crippen molar-refractivity contribution in [3.8, 4) is 0 Å². The van der Waals surface area contributed by atoms with E-state index in [1.807, 2.05) is 17.0 Å². The summed E-state index contributed by atoms with van der Waals surface area (Å²) in [7, 11) is 0. The molecule has 23 heavy (non-hydrogen) atoms. The van der Waals surface area contributed by atoms with Gasteiger partial charge in [-0.1, -0.05) is 12.1 Å². The number of aromatic nitrogens is 1. The summed E-state index contributed by atoms with van der Waals surface area (Å²) in [6, 6.07) is 5.88. The number of urea groups is 1. The molecule has 2 fully saturated rings. The lowest BCUT2D eigenvalue weighted by Gasteiger charge is -2.20. The molecule has 4 rings (SSSR count). The van der Waals surface area contributed by atoms with Gasteiger partial charge in [-0.05, 0) is 44.2 Å². The summed E-state index contributed by atoms with van der Waals surface area (Å²) in [5, 5.41) is 6.61. The second-order valence-electron chi connectivity index (χ2n) is 6.74. The molecular weight excluding hydrogens is 294 g/mol. The summed E-state index contributed by atoms with van der Waals surface area (Å²) in [5.74, 6) is 4.29. The minimum atomic E-state index is -0.154. The zero-order chi connectivity index (χ0) is 16.0. The Bertz CT molecular complexity index is 716. The zero-order valence-corrected chi connectivity index (χ0v) is 13.4. The summed E-state index contributed by atoms with van der Waals surface area (Å²) in [4.78, 5) is 14.3. The van der Waals surface area contributed by atoms with Crippen molar-refractivity contribution in [2.75, 3.05) is 5.32 Å². The highest BCUT2D eigenvalue weighted by molar-refractivity contribution is 5.88. The van der Waals surface area contributed by atoms with Crippen LogP contribution in [0.25, 0.3) is 0 Å². The number of carbonyl (C=O) groups excluding carboxylic acids is 1. The third-order valence-electron chi connectivity index (χ3n) is 4.60. The normalized spacial score (nSPS) is 22.9. The Hall–Kier alpha value is -2.24. The molecule has 2 aromatic rings. The van der Waals surface area contributed by atoms with Crippen molar-refractivity contribution in [2.45, 2.75) is 51.6 Å². The Kier molecular flexibility index (Phi) is 3.39. The number of carbonyl (C=O) groups is 1. The largest absolute Gasteiger partial charge is 0.464 e. The van der Waals surface area contributed by atoms with Gasteiger partial charge in [-0.25, -0.2) is 4.79 Å². The molecule has 2 amide bonds. The van der Waals surface area contributed by atoms with Crippen LogP contribution < -0.4 is 5.32 Å². The van der Waals surface area contributed by atoms with Gasteiger partial charge in [-0.2, -0.15) is 0 Å². The molecule has 2 atom stereocenters. The average molecular weight is 315 g/mol. The van der Waals surface area contributed by atoms with Crippen LogP contribution in [0.15, 0.2) is 27.1 Å². The van der Waals surface area contributed by atoms with Gasteiger partial charge in [0.25, 0.3) is 0 Å². The van der Waals surface area contributed by atoms with Crippen molar-refractivity contribution in [3.05, 3.63) is 35.5 Å². The Morgan fingerprint density at radius 2 is 2.22 bits per heavy atom. The first-order valence-corrected chi connectivity index (χ1v) is 8.19. The molecule has 2 aromatic heterocycles. The topological polar surface area (TPSA) is 71.5 Å². The standard InChI is InChI=1S/C17H21N3O3/c1-10-7-14(10)15-6-5-13(22-15)9-20(12-3-4-12)17(21)18-16-8-11(2)23-19-16/h5-6,8,10,12,14H,3-4,7,9H2,1-2H3,(H,18,19,21)/t10-,14-/m0/s1. The highest BCUT2D eigenvalue weighted by atomic mass is 16.5. The summed E-state index contributed by atoms with van der Waals surface area (Å²) < 4.78 is 10.9. The smallest absolute Gasteiger partial charge is 0.323 e. The Morgan fingerprint density at radius 3 is 2.83 bits per heavy atom. The van der Waals surface area contributed by atoms with Crippen molar-refractivity contribution in [1.82, 2.24) is 10.1 Å². The first-order chi connectivity index (χ1) is 11.1. The molecule has 6 heteroatoms. The maximum absolute atomic E-state index is 12.5. The Morgan fingerprint density at radius 1 is 1.43 bits per heavy atom. The van der Waals surface area contributed by atoms with Gasteiger partial charge in [0, 0.05) is 18.0 Å². The molecule has 2 aliphatic carbocycles. The van der Waals surface area contributed by atoms with Crippen LogP contribution in [-0.4, -0.2) is 22.1 Å². The second kappa shape index (κ2) is 5.44. The maximum Gasteiger partial charge on any atom is 0.323 e. The molecule has 6 nitrogen and oxygen atoms in total. The average Bonchev–Trinajstić information content (AvgIpc) is 3.40. The lowest BCUT2D eigenvalue weighted by atomic mass is 10.3. The number of hydrogen-bond donors (Lipinski definition) is 1. The number of nitrogens with one attached hydrogen (secondary N) is 1. The van der Waals surface area contributed by atoms with Crippen molar-refractivity contribution in [3.63, 3.8) is 0 Å². The molecule has 0 saturated heterocycles. The van der Waals surface area contributed by atoms with Crippen molar-refractivity contribution < 1.29 is 13.7 Å². The van der Waals surface area contributed by atoms with E-state index >= 15 is 0 Å². The van der Waals surface area contributed by atoms with Crippen LogP contribution in [0.4, 0.5) is 10.6 Å². The van der Waals surface area contributed by atoms with Gasteiger partial charge < -0.3 is 13.8 Å². The van der Waals surface area contributed by atoms with Crippen LogP contribution >= 0.6 is 0 Å². The monoisotopic (exact) mass is 315 g/mol. The minimum absolute atomic E-state index is 0.154. The van der Waals surface area contributed by atoms with Gasteiger partial charge in [0.05, 0.1) is 6.54 Å². The molecule has 2 aliphatic rings. The number of hydrogen-bond acceptors (Lipinski definition) is 4. The summed E-state index contributed by atoms with van der Waals surface area (Å²) in [6.45, 7) is 4.52. The molecule has 0 unspecified atom stereocenters. The second-order valence-corrected chi connectivity index (χ2v) is 6.74. The van der Waals surface area contributed by atoms with E-state index in [0.717, 1.165) is 24.4 Å². The third kappa shape index (κ3) is 3.11. The number of rotatable bonds is 5. The van der Waals surface area contributed by atoms with Gasteiger partial charge in [-0.3, -0.25) is 5.32 Å². The number of anilines is 1. The van der Waals surface area contributed by atoms with Crippen LogP contribution in [0.1, 0.15) is 49.4 Å². The van der Waals surface area contributed by atoms with E-state index in [4.69, 9.17) is 8.94 Å². The van der Waals surface area contributed by atoms with E-state index in [-0.39, 0.29) is 12.1 Å².